The Hall–Kier alpha value is -1.36. The highest BCUT2D eigenvalue weighted by Gasteiger charge is 2.47. The Kier molecular flexibility index (Phi) is 3.54. The highest BCUT2D eigenvalue weighted by Crippen LogP contribution is 2.43. The molecule has 1 aliphatic carbocycles. The smallest absolute Gasteiger partial charge is 0.320 e. The lowest BCUT2D eigenvalue weighted by molar-refractivity contribution is -0.143. The summed E-state index contributed by atoms with van der Waals surface area (Å²) in [6.45, 7) is 2.12. The zero-order valence-electron chi connectivity index (χ0n) is 12.2. The number of carbonyl (C=O) groups is 1. The Balaban J connectivity index is 1.88. The fourth-order valence-electron chi connectivity index (χ4n) is 4.11. The van der Waals surface area contributed by atoms with Gasteiger partial charge >= 0.3 is 5.97 Å². The summed E-state index contributed by atoms with van der Waals surface area (Å²) in [6, 6.07) is 0.219. The van der Waals surface area contributed by atoms with Crippen molar-refractivity contribution in [3.63, 3.8) is 0 Å². The standard InChI is InChI=1S/C15H23N3O2/c1-10(12-8-16-17(2)9-12)18-13-6-4-3-5-11(13)7-14(18)15(19)20/h8-11,13-14H,3-7H2,1-2H3,(H,19,20). The number of aliphatic carboxylic acids is 1. The van der Waals surface area contributed by atoms with Crippen molar-refractivity contribution in [1.29, 1.82) is 0 Å². The number of nitrogens with zero attached hydrogens (tertiary/aromatic N) is 3. The molecule has 3 rings (SSSR count). The van der Waals surface area contributed by atoms with Crippen molar-refractivity contribution in [3.8, 4) is 0 Å². The minimum absolute atomic E-state index is 0.123. The SMILES string of the molecule is CC(c1cnn(C)c1)N1C(C(=O)O)CC2CCCCC21. The van der Waals surface area contributed by atoms with Gasteiger partial charge in [0.05, 0.1) is 6.20 Å². The average molecular weight is 277 g/mol. The molecule has 1 aliphatic heterocycles. The van der Waals surface area contributed by atoms with Crippen LogP contribution in [-0.2, 0) is 11.8 Å². The number of aryl methyl sites for hydroxylation is 1. The van der Waals surface area contributed by atoms with Crippen LogP contribution in [0.5, 0.6) is 0 Å². The molecule has 20 heavy (non-hydrogen) atoms. The predicted octanol–water partition coefficient (Wildman–Crippen LogP) is 2.20. The number of carboxylic acid groups (broad SMARTS) is 1. The van der Waals surface area contributed by atoms with Crippen molar-refractivity contribution in [1.82, 2.24) is 14.7 Å². The zero-order chi connectivity index (χ0) is 14.3. The normalized spacial score (nSPS) is 32.0. The van der Waals surface area contributed by atoms with E-state index in [4.69, 9.17) is 0 Å². The van der Waals surface area contributed by atoms with Crippen molar-refractivity contribution >= 4 is 5.97 Å². The minimum Gasteiger partial charge on any atom is -0.480 e. The molecule has 5 nitrogen and oxygen atoms in total. The van der Waals surface area contributed by atoms with Crippen LogP contribution in [0.2, 0.25) is 0 Å². The number of hydrogen-bond acceptors (Lipinski definition) is 3. The van der Waals surface area contributed by atoms with E-state index in [1.807, 2.05) is 19.4 Å². The van der Waals surface area contributed by atoms with Crippen LogP contribution in [0.1, 0.15) is 50.6 Å². The van der Waals surface area contributed by atoms with Crippen LogP contribution in [0.3, 0.4) is 0 Å². The first-order valence-electron chi connectivity index (χ1n) is 7.56. The van der Waals surface area contributed by atoms with E-state index in [0.29, 0.717) is 12.0 Å². The molecule has 4 unspecified atom stereocenters. The molecular weight excluding hydrogens is 254 g/mol. The number of hydrogen-bond donors (Lipinski definition) is 1. The molecule has 1 N–H and O–H groups in total. The molecule has 1 aromatic rings. The molecular formula is C15H23N3O2. The van der Waals surface area contributed by atoms with Crippen molar-refractivity contribution in [2.75, 3.05) is 0 Å². The van der Waals surface area contributed by atoms with Crippen molar-refractivity contribution < 1.29 is 9.90 Å². The summed E-state index contributed by atoms with van der Waals surface area (Å²) in [5, 5.41) is 13.8. The second kappa shape index (κ2) is 5.20. The van der Waals surface area contributed by atoms with Gasteiger partial charge in [-0.05, 0) is 32.1 Å². The first-order chi connectivity index (χ1) is 9.58. The van der Waals surface area contributed by atoms with E-state index in [2.05, 4.69) is 16.9 Å². The summed E-state index contributed by atoms with van der Waals surface area (Å²) in [5.41, 5.74) is 1.12. The van der Waals surface area contributed by atoms with Gasteiger partial charge in [-0.25, -0.2) is 0 Å². The van der Waals surface area contributed by atoms with Crippen LogP contribution in [0.15, 0.2) is 12.4 Å². The fourth-order valence-corrected chi connectivity index (χ4v) is 4.11. The van der Waals surface area contributed by atoms with E-state index in [0.717, 1.165) is 18.4 Å². The summed E-state index contributed by atoms with van der Waals surface area (Å²) in [4.78, 5) is 13.9. The monoisotopic (exact) mass is 277 g/mol. The molecule has 2 aliphatic rings. The number of rotatable bonds is 3. The number of likely N-dealkylation sites (tertiary alicyclic amines) is 1. The third-order valence-electron chi connectivity index (χ3n) is 5.08. The summed E-state index contributed by atoms with van der Waals surface area (Å²) in [7, 11) is 1.90. The maximum atomic E-state index is 11.6. The number of carboxylic acids is 1. The molecule has 1 saturated carbocycles. The third kappa shape index (κ3) is 2.24. The van der Waals surface area contributed by atoms with E-state index in [1.165, 1.54) is 19.3 Å². The van der Waals surface area contributed by atoms with Gasteiger partial charge in [-0.2, -0.15) is 5.10 Å². The molecule has 4 atom stereocenters. The van der Waals surface area contributed by atoms with E-state index < -0.39 is 5.97 Å². The Morgan fingerprint density at radius 3 is 2.85 bits per heavy atom. The minimum atomic E-state index is -0.671. The molecule has 2 heterocycles. The first-order valence-corrected chi connectivity index (χ1v) is 7.56. The van der Waals surface area contributed by atoms with Crippen molar-refractivity contribution in [2.45, 2.75) is 57.2 Å². The van der Waals surface area contributed by atoms with E-state index in [-0.39, 0.29) is 12.1 Å². The lowest BCUT2D eigenvalue weighted by atomic mass is 9.84. The van der Waals surface area contributed by atoms with E-state index in [1.54, 1.807) is 4.68 Å². The third-order valence-corrected chi connectivity index (χ3v) is 5.08. The van der Waals surface area contributed by atoms with Crippen molar-refractivity contribution in [3.05, 3.63) is 18.0 Å². The van der Waals surface area contributed by atoms with Crippen LogP contribution >= 0.6 is 0 Å². The summed E-state index contributed by atoms with van der Waals surface area (Å²) in [6.07, 6.45) is 9.47. The van der Waals surface area contributed by atoms with Gasteiger partial charge in [0.15, 0.2) is 0 Å². The fraction of sp³-hybridized carbons (Fsp3) is 0.733. The molecule has 1 saturated heterocycles. The highest BCUT2D eigenvalue weighted by molar-refractivity contribution is 5.74. The summed E-state index contributed by atoms with van der Waals surface area (Å²) >= 11 is 0. The lowest BCUT2D eigenvalue weighted by Gasteiger charge is -2.36. The van der Waals surface area contributed by atoms with Gasteiger partial charge in [0, 0.05) is 30.9 Å². The maximum Gasteiger partial charge on any atom is 0.320 e. The highest BCUT2D eigenvalue weighted by atomic mass is 16.4. The van der Waals surface area contributed by atoms with Crippen LogP contribution in [0, 0.1) is 5.92 Å². The van der Waals surface area contributed by atoms with Crippen LogP contribution in [0.4, 0.5) is 0 Å². The number of aromatic nitrogens is 2. The largest absolute Gasteiger partial charge is 0.480 e. The maximum absolute atomic E-state index is 11.6. The predicted molar refractivity (Wildman–Crippen MR) is 75.2 cm³/mol. The second-order valence-electron chi connectivity index (χ2n) is 6.27. The van der Waals surface area contributed by atoms with Crippen LogP contribution in [-0.4, -0.2) is 37.8 Å². The Labute approximate surface area is 119 Å². The first kappa shape index (κ1) is 13.6. The molecule has 0 radical (unpaired) electrons. The van der Waals surface area contributed by atoms with Gasteiger partial charge in [-0.15, -0.1) is 0 Å². The van der Waals surface area contributed by atoms with Crippen molar-refractivity contribution in [2.24, 2.45) is 13.0 Å². The van der Waals surface area contributed by atoms with E-state index in [9.17, 15) is 9.90 Å². The molecule has 0 amide bonds. The van der Waals surface area contributed by atoms with Gasteiger partial charge in [0.2, 0.25) is 0 Å². The quantitative estimate of drug-likeness (QED) is 0.920. The molecule has 0 aromatic carbocycles. The Bertz CT molecular complexity index is 499. The van der Waals surface area contributed by atoms with Crippen LogP contribution in [0.25, 0.3) is 0 Å². The molecule has 2 fully saturated rings. The lowest BCUT2D eigenvalue weighted by Crippen LogP contribution is -2.43. The van der Waals surface area contributed by atoms with E-state index >= 15 is 0 Å². The topological polar surface area (TPSA) is 58.4 Å². The summed E-state index contributed by atoms with van der Waals surface area (Å²) in [5.74, 6) is -0.112. The summed E-state index contributed by atoms with van der Waals surface area (Å²) < 4.78 is 1.79. The molecule has 0 bridgehead atoms. The van der Waals surface area contributed by atoms with Gasteiger partial charge in [-0.3, -0.25) is 14.4 Å². The van der Waals surface area contributed by atoms with Gasteiger partial charge in [-0.1, -0.05) is 12.8 Å². The Morgan fingerprint density at radius 1 is 1.45 bits per heavy atom. The molecule has 5 heteroatoms. The Morgan fingerprint density at radius 2 is 2.20 bits per heavy atom. The molecule has 1 aromatic heterocycles. The van der Waals surface area contributed by atoms with Gasteiger partial charge in [0.1, 0.15) is 6.04 Å². The number of fused-ring (bicyclic) bond motifs is 1. The van der Waals surface area contributed by atoms with Gasteiger partial charge < -0.3 is 5.11 Å². The van der Waals surface area contributed by atoms with Gasteiger partial charge in [0.25, 0.3) is 0 Å². The average Bonchev–Trinajstić information content (AvgIpc) is 3.01. The second-order valence-corrected chi connectivity index (χ2v) is 6.27. The molecule has 110 valence electrons. The molecule has 0 spiro atoms. The zero-order valence-corrected chi connectivity index (χ0v) is 12.2. The van der Waals surface area contributed by atoms with Crippen LogP contribution < -0.4 is 0 Å².